The molecule has 3 heterocycles. The highest BCUT2D eigenvalue weighted by Crippen LogP contribution is 2.22. The molecule has 9 nitrogen and oxygen atoms in total. The summed E-state index contributed by atoms with van der Waals surface area (Å²) in [6, 6.07) is 9.87. The normalized spacial score (nSPS) is 11.6. The van der Waals surface area contributed by atoms with Gasteiger partial charge in [-0.1, -0.05) is 70.4 Å². The van der Waals surface area contributed by atoms with E-state index in [4.69, 9.17) is 0 Å². The SMILES string of the molecule is CCCCc1c(O)n(CCc2ccccc2)c2nc3c(c(=O)n(CCCC)c(=O)n3CCCC)n2c1=O. The Balaban J connectivity index is 2.06. The largest absolute Gasteiger partial charge is 0.494 e. The zero-order chi connectivity index (χ0) is 26.5. The molecule has 4 aromatic rings. The minimum absolute atomic E-state index is 0.109. The maximum atomic E-state index is 13.8. The average molecular weight is 508 g/mol. The summed E-state index contributed by atoms with van der Waals surface area (Å²) < 4.78 is 5.70. The molecule has 37 heavy (non-hydrogen) atoms. The molecule has 198 valence electrons. The number of fused-ring (bicyclic) bond motifs is 3. The highest BCUT2D eigenvalue weighted by molar-refractivity contribution is 5.75. The molecule has 0 unspecified atom stereocenters. The first kappa shape index (κ1) is 26.4. The summed E-state index contributed by atoms with van der Waals surface area (Å²) in [5.74, 6) is 0.0645. The van der Waals surface area contributed by atoms with Crippen LogP contribution in [0.1, 0.15) is 70.4 Å². The van der Waals surface area contributed by atoms with Gasteiger partial charge in [0.1, 0.15) is 0 Å². The Kier molecular flexibility index (Phi) is 8.31. The van der Waals surface area contributed by atoms with Gasteiger partial charge in [-0.05, 0) is 37.7 Å². The van der Waals surface area contributed by atoms with Crippen LogP contribution in [0.2, 0.25) is 0 Å². The molecule has 0 spiro atoms. The van der Waals surface area contributed by atoms with Crippen LogP contribution >= 0.6 is 0 Å². The summed E-state index contributed by atoms with van der Waals surface area (Å²) in [6.07, 6.45) is 5.67. The number of benzene rings is 1. The van der Waals surface area contributed by atoms with Gasteiger partial charge in [0.05, 0.1) is 5.56 Å². The van der Waals surface area contributed by atoms with E-state index in [1.165, 1.54) is 13.5 Å². The molecule has 4 rings (SSSR count). The number of aromatic nitrogens is 5. The minimum atomic E-state index is -0.507. The second kappa shape index (κ2) is 11.6. The van der Waals surface area contributed by atoms with Crippen molar-refractivity contribution in [2.75, 3.05) is 0 Å². The summed E-state index contributed by atoms with van der Waals surface area (Å²) in [6.45, 7) is 7.10. The Labute approximate surface area is 215 Å². The van der Waals surface area contributed by atoms with Crippen molar-refractivity contribution < 1.29 is 5.11 Å². The second-order valence-electron chi connectivity index (χ2n) is 9.62. The van der Waals surface area contributed by atoms with Crippen LogP contribution in [0.5, 0.6) is 5.88 Å². The molecule has 0 aliphatic rings. The molecule has 0 radical (unpaired) electrons. The zero-order valence-electron chi connectivity index (χ0n) is 22.1. The summed E-state index contributed by atoms with van der Waals surface area (Å²) >= 11 is 0. The Morgan fingerprint density at radius 3 is 2.05 bits per heavy atom. The number of unbranched alkanes of at least 4 members (excludes halogenated alkanes) is 3. The van der Waals surface area contributed by atoms with E-state index in [1.807, 2.05) is 51.1 Å². The minimum Gasteiger partial charge on any atom is -0.494 e. The fourth-order valence-corrected chi connectivity index (χ4v) is 4.78. The summed E-state index contributed by atoms with van der Waals surface area (Å²) in [7, 11) is 0. The number of hydrogen-bond acceptors (Lipinski definition) is 5. The lowest BCUT2D eigenvalue weighted by atomic mass is 10.1. The number of aromatic hydroxyl groups is 1. The van der Waals surface area contributed by atoms with Crippen LogP contribution in [0.4, 0.5) is 0 Å². The van der Waals surface area contributed by atoms with Gasteiger partial charge in [0.15, 0.2) is 11.2 Å². The van der Waals surface area contributed by atoms with Crippen molar-refractivity contribution in [3.63, 3.8) is 0 Å². The monoisotopic (exact) mass is 507 g/mol. The zero-order valence-corrected chi connectivity index (χ0v) is 22.1. The predicted octanol–water partition coefficient (Wildman–Crippen LogP) is 3.86. The lowest BCUT2D eigenvalue weighted by molar-refractivity contribution is 0.403. The number of nitrogens with zero attached hydrogens (tertiary/aromatic N) is 5. The third-order valence-corrected chi connectivity index (χ3v) is 6.95. The molecule has 0 aliphatic heterocycles. The predicted molar refractivity (Wildman–Crippen MR) is 146 cm³/mol. The first-order valence-corrected chi connectivity index (χ1v) is 13.5. The topological polar surface area (TPSA) is 104 Å². The van der Waals surface area contributed by atoms with Crippen LogP contribution in [0.3, 0.4) is 0 Å². The second-order valence-corrected chi connectivity index (χ2v) is 9.62. The molecule has 0 saturated carbocycles. The van der Waals surface area contributed by atoms with E-state index in [1.54, 1.807) is 4.57 Å². The van der Waals surface area contributed by atoms with Crippen molar-refractivity contribution in [1.82, 2.24) is 23.1 Å². The molecule has 0 fully saturated rings. The molecular formula is C28H37N5O4. The highest BCUT2D eigenvalue weighted by atomic mass is 16.3. The van der Waals surface area contributed by atoms with E-state index in [0.29, 0.717) is 32.4 Å². The van der Waals surface area contributed by atoms with Crippen LogP contribution in [0, 0.1) is 0 Å². The van der Waals surface area contributed by atoms with Crippen molar-refractivity contribution in [2.45, 2.75) is 91.8 Å². The van der Waals surface area contributed by atoms with Crippen molar-refractivity contribution in [2.24, 2.45) is 0 Å². The van der Waals surface area contributed by atoms with Crippen molar-refractivity contribution in [1.29, 1.82) is 0 Å². The molecular weight excluding hydrogens is 470 g/mol. The lowest BCUT2D eigenvalue weighted by Gasteiger charge is -2.14. The van der Waals surface area contributed by atoms with Crippen molar-refractivity contribution in [3.05, 3.63) is 72.7 Å². The van der Waals surface area contributed by atoms with E-state index < -0.39 is 16.8 Å². The Hall–Kier alpha value is -3.62. The van der Waals surface area contributed by atoms with Gasteiger partial charge in [-0.2, -0.15) is 4.98 Å². The molecule has 1 N–H and O–H groups in total. The number of hydrogen-bond donors (Lipinski definition) is 1. The van der Waals surface area contributed by atoms with Gasteiger partial charge in [0.25, 0.3) is 11.1 Å². The maximum Gasteiger partial charge on any atom is 0.332 e. The first-order valence-electron chi connectivity index (χ1n) is 13.5. The fraction of sp³-hybridized carbons (Fsp3) is 0.500. The molecule has 0 bridgehead atoms. The van der Waals surface area contributed by atoms with Gasteiger partial charge in [-0.15, -0.1) is 0 Å². The van der Waals surface area contributed by atoms with E-state index in [9.17, 15) is 19.5 Å². The molecule has 9 heteroatoms. The van der Waals surface area contributed by atoms with E-state index in [2.05, 4.69) is 4.98 Å². The van der Waals surface area contributed by atoms with Gasteiger partial charge in [0, 0.05) is 19.6 Å². The quantitative estimate of drug-likeness (QED) is 0.314. The van der Waals surface area contributed by atoms with E-state index in [0.717, 1.165) is 37.7 Å². The van der Waals surface area contributed by atoms with Gasteiger partial charge in [-0.3, -0.25) is 23.3 Å². The molecule has 0 atom stereocenters. The third kappa shape index (κ3) is 4.99. The molecule has 0 amide bonds. The van der Waals surface area contributed by atoms with Gasteiger partial charge >= 0.3 is 5.69 Å². The summed E-state index contributed by atoms with van der Waals surface area (Å²) in [5, 5.41) is 11.3. The fourth-order valence-electron chi connectivity index (χ4n) is 4.78. The standard InChI is InChI=1S/C28H37N5O4/c1-4-7-15-21-24(34)31(19-16-20-13-11-10-12-14-20)27-29-23-22(33(27)25(21)35)26(36)32(18-9-6-3)28(37)30(23)17-8-5-2/h10-14,34H,4-9,15-19H2,1-3H3. The first-order chi connectivity index (χ1) is 17.9. The molecule has 3 aromatic heterocycles. The Morgan fingerprint density at radius 2 is 1.41 bits per heavy atom. The number of rotatable bonds is 12. The van der Waals surface area contributed by atoms with Gasteiger partial charge in [0.2, 0.25) is 11.7 Å². The average Bonchev–Trinajstić information content (AvgIpc) is 3.30. The summed E-state index contributed by atoms with van der Waals surface area (Å²) in [5.41, 5.74) is 0.305. The molecule has 0 saturated heterocycles. The van der Waals surface area contributed by atoms with Crippen LogP contribution in [0.25, 0.3) is 16.9 Å². The molecule has 0 aliphatic carbocycles. The number of imidazole rings is 1. The van der Waals surface area contributed by atoms with Crippen molar-refractivity contribution in [3.8, 4) is 5.88 Å². The highest BCUT2D eigenvalue weighted by Gasteiger charge is 2.25. The number of aryl methyl sites for hydroxylation is 3. The van der Waals surface area contributed by atoms with Gasteiger partial charge in [-0.25, -0.2) is 9.20 Å². The lowest BCUT2D eigenvalue weighted by Crippen LogP contribution is -2.41. The third-order valence-electron chi connectivity index (χ3n) is 6.95. The van der Waals surface area contributed by atoms with Crippen molar-refractivity contribution >= 4 is 16.9 Å². The molecule has 1 aromatic carbocycles. The Morgan fingerprint density at radius 1 is 0.757 bits per heavy atom. The van der Waals surface area contributed by atoms with Crippen LogP contribution in [0.15, 0.2) is 44.7 Å². The Bertz CT molecular complexity index is 1560. The van der Waals surface area contributed by atoms with Crippen LogP contribution in [-0.4, -0.2) is 28.2 Å². The van der Waals surface area contributed by atoms with Gasteiger partial charge < -0.3 is 5.11 Å². The smallest absolute Gasteiger partial charge is 0.332 e. The van der Waals surface area contributed by atoms with E-state index >= 15 is 0 Å². The van der Waals surface area contributed by atoms with E-state index in [-0.39, 0.29) is 34.9 Å². The summed E-state index contributed by atoms with van der Waals surface area (Å²) in [4.78, 5) is 45.5. The maximum absolute atomic E-state index is 13.8. The van der Waals surface area contributed by atoms with Crippen LogP contribution < -0.4 is 16.8 Å². The van der Waals surface area contributed by atoms with Crippen LogP contribution in [-0.2, 0) is 32.5 Å².